The molecule has 0 saturated carbocycles. The molecule has 1 aliphatic rings. The molecule has 7 nitrogen and oxygen atoms in total. The van der Waals surface area contributed by atoms with Crippen molar-refractivity contribution in [3.63, 3.8) is 0 Å². The highest BCUT2D eigenvalue weighted by Crippen LogP contribution is 2.20. The summed E-state index contributed by atoms with van der Waals surface area (Å²) in [7, 11) is 0. The second kappa shape index (κ2) is 12.2. The fraction of sp³-hybridized carbons (Fsp3) is 0.440. The molecule has 2 aromatic rings. The number of anilines is 2. The van der Waals surface area contributed by atoms with Gasteiger partial charge in [0.15, 0.2) is 5.96 Å². The van der Waals surface area contributed by atoms with E-state index in [4.69, 9.17) is 10.5 Å². The maximum atomic E-state index is 12.3. The van der Waals surface area contributed by atoms with Crippen LogP contribution in [0.4, 0.5) is 11.4 Å². The first-order valence-corrected chi connectivity index (χ1v) is 11.4. The maximum absolute atomic E-state index is 12.3. The standard InChI is InChI=1S/C25H35N5O2/c1-3-19(2)21-7-9-22(10-8-21)29-25(26)27-18-20-5-4-6-23(17-20)28-24(31)11-12-30-13-15-32-16-14-30/h4-10,17,19H,3,11-16,18H2,1-2H3,(H,28,31)(H3,26,27,29). The van der Waals surface area contributed by atoms with Crippen LogP contribution in [0.3, 0.4) is 0 Å². The van der Waals surface area contributed by atoms with E-state index < -0.39 is 0 Å². The molecule has 1 saturated heterocycles. The lowest BCUT2D eigenvalue weighted by Gasteiger charge is -2.26. The molecule has 1 amide bonds. The second-order valence-corrected chi connectivity index (χ2v) is 8.21. The van der Waals surface area contributed by atoms with Crippen LogP contribution in [0.2, 0.25) is 0 Å². The number of morpholine rings is 1. The van der Waals surface area contributed by atoms with E-state index in [9.17, 15) is 4.79 Å². The molecule has 172 valence electrons. The minimum absolute atomic E-state index is 0.0131. The highest BCUT2D eigenvalue weighted by Gasteiger charge is 2.12. The number of amides is 1. The quantitative estimate of drug-likeness (QED) is 0.410. The number of rotatable bonds is 9. The van der Waals surface area contributed by atoms with Crippen LogP contribution in [0.5, 0.6) is 0 Å². The largest absolute Gasteiger partial charge is 0.379 e. The average Bonchev–Trinajstić information content (AvgIpc) is 2.82. The van der Waals surface area contributed by atoms with Crippen molar-refractivity contribution < 1.29 is 9.53 Å². The summed E-state index contributed by atoms with van der Waals surface area (Å²) in [5, 5.41) is 6.11. The Labute approximate surface area is 191 Å². The number of hydrogen-bond acceptors (Lipinski definition) is 4. The zero-order chi connectivity index (χ0) is 22.8. The van der Waals surface area contributed by atoms with Crippen molar-refractivity contribution in [1.29, 1.82) is 0 Å². The molecule has 4 N–H and O–H groups in total. The highest BCUT2D eigenvalue weighted by atomic mass is 16.5. The van der Waals surface area contributed by atoms with E-state index in [0.717, 1.165) is 56.2 Å². The number of nitrogens with zero attached hydrogens (tertiary/aromatic N) is 2. The third kappa shape index (κ3) is 7.66. The SMILES string of the molecule is CCC(C)c1ccc(NC(N)=NCc2cccc(NC(=O)CCN3CCOCC3)c2)cc1. The summed E-state index contributed by atoms with van der Waals surface area (Å²) in [5.74, 6) is 0.919. The number of nitrogens with one attached hydrogen (secondary N) is 2. The molecule has 0 spiro atoms. The zero-order valence-corrected chi connectivity index (χ0v) is 19.1. The molecule has 1 atom stereocenters. The summed E-state index contributed by atoms with van der Waals surface area (Å²) in [6, 6.07) is 16.0. The molecule has 1 unspecified atom stereocenters. The fourth-order valence-electron chi connectivity index (χ4n) is 3.55. The van der Waals surface area contributed by atoms with E-state index in [2.05, 4.69) is 46.5 Å². The number of hydrogen-bond donors (Lipinski definition) is 3. The van der Waals surface area contributed by atoms with Crippen molar-refractivity contribution in [2.75, 3.05) is 43.5 Å². The normalized spacial score (nSPS) is 15.9. The number of guanidine groups is 1. The van der Waals surface area contributed by atoms with E-state index >= 15 is 0 Å². The molecule has 32 heavy (non-hydrogen) atoms. The summed E-state index contributed by atoms with van der Waals surface area (Å²) in [6.45, 7) is 8.85. The van der Waals surface area contributed by atoms with Gasteiger partial charge in [0.2, 0.25) is 5.91 Å². The van der Waals surface area contributed by atoms with Crippen LogP contribution in [0, 0.1) is 0 Å². The van der Waals surface area contributed by atoms with Crippen molar-refractivity contribution in [3.8, 4) is 0 Å². The van der Waals surface area contributed by atoms with Gasteiger partial charge in [-0.2, -0.15) is 0 Å². The number of carbonyl (C=O) groups is 1. The third-order valence-corrected chi connectivity index (χ3v) is 5.77. The number of nitrogens with two attached hydrogens (primary N) is 1. The predicted octanol–water partition coefficient (Wildman–Crippen LogP) is 3.79. The van der Waals surface area contributed by atoms with Gasteiger partial charge in [-0.05, 0) is 47.7 Å². The fourth-order valence-corrected chi connectivity index (χ4v) is 3.55. The monoisotopic (exact) mass is 437 g/mol. The number of carbonyl (C=O) groups excluding carboxylic acids is 1. The minimum atomic E-state index is 0.0131. The molecule has 0 bridgehead atoms. The van der Waals surface area contributed by atoms with Crippen LogP contribution >= 0.6 is 0 Å². The molecule has 3 rings (SSSR count). The van der Waals surface area contributed by atoms with Gasteiger partial charge in [0, 0.05) is 37.4 Å². The van der Waals surface area contributed by atoms with Crippen LogP contribution in [0.1, 0.15) is 43.7 Å². The van der Waals surface area contributed by atoms with Crippen LogP contribution in [-0.2, 0) is 16.1 Å². The van der Waals surface area contributed by atoms with Gasteiger partial charge in [0.05, 0.1) is 19.8 Å². The van der Waals surface area contributed by atoms with E-state index in [-0.39, 0.29) is 5.91 Å². The van der Waals surface area contributed by atoms with E-state index in [1.165, 1.54) is 5.56 Å². The lowest BCUT2D eigenvalue weighted by atomic mass is 9.99. The summed E-state index contributed by atoms with van der Waals surface area (Å²) < 4.78 is 5.34. The lowest BCUT2D eigenvalue weighted by Crippen LogP contribution is -2.38. The molecule has 1 aliphatic heterocycles. The van der Waals surface area contributed by atoms with Crippen LogP contribution in [0.15, 0.2) is 53.5 Å². The van der Waals surface area contributed by atoms with Crippen LogP contribution in [0.25, 0.3) is 0 Å². The Morgan fingerprint density at radius 1 is 1.12 bits per heavy atom. The van der Waals surface area contributed by atoms with Gasteiger partial charge in [-0.3, -0.25) is 9.69 Å². The van der Waals surface area contributed by atoms with Gasteiger partial charge in [0.25, 0.3) is 0 Å². The highest BCUT2D eigenvalue weighted by molar-refractivity contribution is 5.92. The second-order valence-electron chi connectivity index (χ2n) is 8.21. The number of benzene rings is 2. The Bertz CT molecular complexity index is 891. The molecule has 0 aliphatic carbocycles. The first-order valence-electron chi connectivity index (χ1n) is 11.4. The van der Waals surface area contributed by atoms with Crippen molar-refractivity contribution in [3.05, 3.63) is 59.7 Å². The van der Waals surface area contributed by atoms with Gasteiger partial charge in [-0.1, -0.05) is 38.1 Å². The first-order chi connectivity index (χ1) is 15.5. The molecule has 0 aromatic heterocycles. The van der Waals surface area contributed by atoms with Gasteiger partial charge in [0.1, 0.15) is 0 Å². The molecule has 7 heteroatoms. The Balaban J connectivity index is 1.47. The molecular formula is C25H35N5O2. The van der Waals surface area contributed by atoms with Crippen LogP contribution < -0.4 is 16.4 Å². The van der Waals surface area contributed by atoms with Crippen molar-refractivity contribution in [1.82, 2.24) is 4.90 Å². The Morgan fingerprint density at radius 2 is 1.88 bits per heavy atom. The predicted molar refractivity (Wildman–Crippen MR) is 131 cm³/mol. The van der Waals surface area contributed by atoms with Gasteiger partial charge in [-0.15, -0.1) is 0 Å². The topological polar surface area (TPSA) is 92.0 Å². The molecule has 1 heterocycles. The number of ether oxygens (including phenoxy) is 1. The molecule has 0 radical (unpaired) electrons. The minimum Gasteiger partial charge on any atom is -0.379 e. The summed E-state index contributed by atoms with van der Waals surface area (Å²) >= 11 is 0. The first kappa shape index (κ1) is 23.8. The molecule has 1 fully saturated rings. The van der Waals surface area contributed by atoms with Crippen molar-refractivity contribution in [2.24, 2.45) is 10.7 Å². The smallest absolute Gasteiger partial charge is 0.225 e. The van der Waals surface area contributed by atoms with Crippen molar-refractivity contribution in [2.45, 2.75) is 39.2 Å². The molecule has 2 aromatic carbocycles. The summed E-state index contributed by atoms with van der Waals surface area (Å²) in [4.78, 5) is 19.0. The van der Waals surface area contributed by atoms with Crippen molar-refractivity contribution >= 4 is 23.2 Å². The Kier molecular flexibility index (Phi) is 9.07. The number of aliphatic imine (C=N–C) groups is 1. The zero-order valence-electron chi connectivity index (χ0n) is 19.1. The average molecular weight is 438 g/mol. The lowest BCUT2D eigenvalue weighted by molar-refractivity contribution is -0.116. The van der Waals surface area contributed by atoms with E-state index in [1.807, 2.05) is 36.4 Å². The van der Waals surface area contributed by atoms with Gasteiger partial charge < -0.3 is 21.1 Å². The molecular weight excluding hydrogens is 402 g/mol. The third-order valence-electron chi connectivity index (χ3n) is 5.77. The van der Waals surface area contributed by atoms with Gasteiger partial charge >= 0.3 is 0 Å². The summed E-state index contributed by atoms with van der Waals surface area (Å²) in [5.41, 5.74) is 10.1. The van der Waals surface area contributed by atoms with Gasteiger partial charge in [-0.25, -0.2) is 4.99 Å². The van der Waals surface area contributed by atoms with E-state index in [0.29, 0.717) is 24.8 Å². The van der Waals surface area contributed by atoms with E-state index in [1.54, 1.807) is 0 Å². The van der Waals surface area contributed by atoms with Crippen LogP contribution in [-0.4, -0.2) is 49.6 Å². The Morgan fingerprint density at radius 3 is 2.59 bits per heavy atom. The maximum Gasteiger partial charge on any atom is 0.225 e. The summed E-state index contributed by atoms with van der Waals surface area (Å²) in [6.07, 6.45) is 1.58. The Hall–Kier alpha value is -2.90.